The van der Waals surface area contributed by atoms with E-state index in [1.807, 2.05) is 6.92 Å². The van der Waals surface area contributed by atoms with Gasteiger partial charge in [0.2, 0.25) is 0 Å². The van der Waals surface area contributed by atoms with E-state index in [2.05, 4.69) is 15.2 Å². The van der Waals surface area contributed by atoms with Gasteiger partial charge in [0.25, 0.3) is 10.2 Å². The van der Waals surface area contributed by atoms with Crippen molar-refractivity contribution in [3.05, 3.63) is 30.0 Å². The molecule has 1 saturated heterocycles. The van der Waals surface area contributed by atoms with Crippen LogP contribution in [0.25, 0.3) is 11.3 Å². The molecule has 0 aliphatic carbocycles. The Hall–Kier alpha value is -1.84. The maximum absolute atomic E-state index is 12.4. The summed E-state index contributed by atoms with van der Waals surface area (Å²) < 4.78 is 27.5. The summed E-state index contributed by atoms with van der Waals surface area (Å²) in [5.74, 6) is 0.0492. The summed E-state index contributed by atoms with van der Waals surface area (Å²) in [6.45, 7) is 2.91. The molecule has 3 rings (SSSR count). The lowest BCUT2D eigenvalue weighted by Gasteiger charge is -2.33. The van der Waals surface area contributed by atoms with Crippen LogP contribution in [0.4, 0.5) is 0 Å². The van der Waals surface area contributed by atoms with Gasteiger partial charge in [0.15, 0.2) is 0 Å². The standard InChI is InChI=1S/C15H22N6O2S/c1-11-13(7-17-19-11)15-9-16-8-14(18-15)12-5-4-6-21(10-12)24(22,23)20(2)3/h7-9,12H,4-6,10H2,1-3H3,(H,17,19). The number of hydrogen-bond donors (Lipinski definition) is 1. The number of nitrogens with zero attached hydrogens (tertiary/aromatic N) is 5. The Bertz CT molecular complexity index is 817. The molecule has 0 spiro atoms. The van der Waals surface area contributed by atoms with Crippen LogP contribution in [0.2, 0.25) is 0 Å². The molecule has 2 aromatic rings. The first-order valence-electron chi connectivity index (χ1n) is 7.89. The van der Waals surface area contributed by atoms with E-state index < -0.39 is 10.2 Å². The number of hydrogen-bond acceptors (Lipinski definition) is 5. The predicted octanol–water partition coefficient (Wildman–Crippen LogP) is 1.16. The third kappa shape index (κ3) is 3.19. The number of piperidine rings is 1. The first kappa shape index (κ1) is 17.0. The number of rotatable bonds is 4. The van der Waals surface area contributed by atoms with Gasteiger partial charge in [-0.3, -0.25) is 10.1 Å². The summed E-state index contributed by atoms with van der Waals surface area (Å²) in [7, 11) is -0.284. The van der Waals surface area contributed by atoms with Crippen LogP contribution in [-0.2, 0) is 10.2 Å². The van der Waals surface area contributed by atoms with Crippen LogP contribution in [0.1, 0.15) is 30.1 Å². The van der Waals surface area contributed by atoms with Crippen LogP contribution in [0.3, 0.4) is 0 Å². The number of nitrogens with one attached hydrogen (secondary N) is 1. The molecule has 2 aromatic heterocycles. The molecular weight excluding hydrogens is 328 g/mol. The molecule has 1 aliphatic heterocycles. The summed E-state index contributed by atoms with van der Waals surface area (Å²) in [5.41, 5.74) is 3.43. The average Bonchev–Trinajstić information content (AvgIpc) is 3.01. The van der Waals surface area contributed by atoms with Gasteiger partial charge in [-0.05, 0) is 19.8 Å². The Morgan fingerprint density at radius 2 is 2.08 bits per heavy atom. The van der Waals surface area contributed by atoms with Crippen LogP contribution in [0, 0.1) is 6.92 Å². The summed E-state index contributed by atoms with van der Waals surface area (Å²) in [5, 5.41) is 6.91. The van der Waals surface area contributed by atoms with E-state index in [-0.39, 0.29) is 5.92 Å². The fourth-order valence-corrected chi connectivity index (χ4v) is 4.13. The molecule has 3 heterocycles. The van der Waals surface area contributed by atoms with Crippen molar-refractivity contribution in [3.8, 4) is 11.3 Å². The van der Waals surface area contributed by atoms with Gasteiger partial charge in [0.05, 0.1) is 23.8 Å². The molecule has 130 valence electrons. The van der Waals surface area contributed by atoms with Gasteiger partial charge in [0, 0.05) is 50.6 Å². The fourth-order valence-electron chi connectivity index (χ4n) is 2.94. The smallest absolute Gasteiger partial charge is 0.281 e. The topological polar surface area (TPSA) is 95.1 Å². The fraction of sp³-hybridized carbons (Fsp3) is 0.533. The minimum absolute atomic E-state index is 0.0492. The first-order chi connectivity index (χ1) is 11.4. The van der Waals surface area contributed by atoms with Crippen molar-refractivity contribution in [1.82, 2.24) is 28.8 Å². The molecule has 0 radical (unpaired) electrons. The largest absolute Gasteiger partial charge is 0.282 e. The van der Waals surface area contributed by atoms with Crippen molar-refractivity contribution in [1.29, 1.82) is 0 Å². The van der Waals surface area contributed by atoms with Crippen molar-refractivity contribution >= 4 is 10.2 Å². The highest BCUT2D eigenvalue weighted by atomic mass is 32.2. The lowest BCUT2D eigenvalue weighted by Crippen LogP contribution is -2.45. The van der Waals surface area contributed by atoms with E-state index in [0.717, 1.165) is 35.5 Å². The van der Waals surface area contributed by atoms with Crippen molar-refractivity contribution < 1.29 is 8.42 Å². The zero-order chi connectivity index (χ0) is 17.3. The number of H-pyrrole nitrogens is 1. The highest BCUT2D eigenvalue weighted by molar-refractivity contribution is 7.86. The molecule has 0 aromatic carbocycles. The highest BCUT2D eigenvalue weighted by Gasteiger charge is 2.31. The van der Waals surface area contributed by atoms with Gasteiger partial charge in [-0.25, -0.2) is 4.98 Å². The Labute approximate surface area is 142 Å². The molecule has 9 heteroatoms. The summed E-state index contributed by atoms with van der Waals surface area (Å²) in [6, 6.07) is 0. The van der Waals surface area contributed by atoms with Crippen LogP contribution in [0.15, 0.2) is 18.6 Å². The minimum Gasteiger partial charge on any atom is -0.282 e. The maximum atomic E-state index is 12.4. The molecule has 0 saturated carbocycles. The van der Waals surface area contributed by atoms with Crippen molar-refractivity contribution in [2.45, 2.75) is 25.7 Å². The number of aromatic nitrogens is 4. The minimum atomic E-state index is -3.40. The van der Waals surface area contributed by atoms with E-state index in [9.17, 15) is 8.42 Å². The third-order valence-electron chi connectivity index (χ3n) is 4.35. The normalized spacial score (nSPS) is 19.8. The lowest BCUT2D eigenvalue weighted by atomic mass is 9.96. The van der Waals surface area contributed by atoms with Gasteiger partial charge in [-0.2, -0.15) is 22.1 Å². The maximum Gasteiger partial charge on any atom is 0.281 e. The molecule has 8 nitrogen and oxygen atoms in total. The van der Waals surface area contributed by atoms with E-state index >= 15 is 0 Å². The van der Waals surface area contributed by atoms with Crippen molar-refractivity contribution in [2.75, 3.05) is 27.2 Å². The Balaban J connectivity index is 1.86. The Morgan fingerprint density at radius 1 is 1.29 bits per heavy atom. The summed E-state index contributed by atoms with van der Waals surface area (Å²) in [6.07, 6.45) is 6.89. The van der Waals surface area contributed by atoms with Crippen molar-refractivity contribution in [2.24, 2.45) is 0 Å². The molecule has 1 unspecified atom stereocenters. The van der Waals surface area contributed by atoms with Gasteiger partial charge in [-0.1, -0.05) is 0 Å². The highest BCUT2D eigenvalue weighted by Crippen LogP contribution is 2.29. The zero-order valence-corrected chi connectivity index (χ0v) is 14.9. The average molecular weight is 350 g/mol. The SMILES string of the molecule is Cc1[nH]ncc1-c1cncc(C2CCCN(S(=O)(=O)N(C)C)C2)n1. The van der Waals surface area contributed by atoms with Crippen molar-refractivity contribution in [3.63, 3.8) is 0 Å². The summed E-state index contributed by atoms with van der Waals surface area (Å²) >= 11 is 0. The second kappa shape index (κ2) is 6.58. The molecule has 0 amide bonds. The second-order valence-corrected chi connectivity index (χ2v) is 8.37. The van der Waals surface area contributed by atoms with Gasteiger partial charge >= 0.3 is 0 Å². The molecule has 1 N–H and O–H groups in total. The molecule has 0 bridgehead atoms. The molecular formula is C15H22N6O2S. The molecule has 1 aliphatic rings. The van der Waals surface area contributed by atoms with Gasteiger partial charge in [-0.15, -0.1) is 0 Å². The zero-order valence-electron chi connectivity index (χ0n) is 14.1. The quantitative estimate of drug-likeness (QED) is 0.893. The third-order valence-corrected chi connectivity index (χ3v) is 6.26. The molecule has 1 fully saturated rings. The Morgan fingerprint density at radius 3 is 2.75 bits per heavy atom. The first-order valence-corrected chi connectivity index (χ1v) is 9.29. The van der Waals surface area contributed by atoms with Gasteiger partial charge in [0.1, 0.15) is 0 Å². The van der Waals surface area contributed by atoms with Crippen LogP contribution in [0.5, 0.6) is 0 Å². The van der Waals surface area contributed by atoms with E-state index in [1.54, 1.807) is 32.7 Å². The lowest BCUT2D eigenvalue weighted by molar-refractivity contribution is 0.296. The van der Waals surface area contributed by atoms with E-state index in [0.29, 0.717) is 13.1 Å². The number of aromatic amines is 1. The molecule has 24 heavy (non-hydrogen) atoms. The monoisotopic (exact) mass is 350 g/mol. The van der Waals surface area contributed by atoms with Crippen LogP contribution >= 0.6 is 0 Å². The van der Waals surface area contributed by atoms with Crippen LogP contribution < -0.4 is 0 Å². The van der Waals surface area contributed by atoms with Crippen LogP contribution in [-0.4, -0.2) is 64.4 Å². The second-order valence-electron chi connectivity index (χ2n) is 6.23. The number of aryl methyl sites for hydroxylation is 1. The Kier molecular flexibility index (Phi) is 4.66. The van der Waals surface area contributed by atoms with Gasteiger partial charge < -0.3 is 0 Å². The predicted molar refractivity (Wildman–Crippen MR) is 90.5 cm³/mol. The summed E-state index contributed by atoms with van der Waals surface area (Å²) in [4.78, 5) is 9.00. The molecule has 1 atom stereocenters. The van der Waals surface area contributed by atoms with E-state index in [4.69, 9.17) is 4.98 Å². The van der Waals surface area contributed by atoms with E-state index in [1.165, 1.54) is 8.61 Å².